The van der Waals surface area contributed by atoms with Crippen LogP contribution in [0.15, 0.2) is 29.3 Å². The number of rotatable bonds is 3. The molecule has 2 heterocycles. The van der Waals surface area contributed by atoms with Gasteiger partial charge < -0.3 is 9.64 Å². The standard InChI is InChI=1S/C16H21N5OS/c1-23-16(18-12-17)19-13-2-4-14(5-3-13)20-6-8-21(9-7-20)15-10-22-11-15/h2-5,15H,6-11H2,1H3,(H,18,19). The molecule has 0 unspecified atom stereocenters. The highest BCUT2D eigenvalue weighted by molar-refractivity contribution is 8.13. The normalized spacial score (nSPS) is 20.0. The third-order valence-electron chi connectivity index (χ3n) is 4.25. The monoisotopic (exact) mass is 331 g/mol. The molecular weight excluding hydrogens is 310 g/mol. The summed E-state index contributed by atoms with van der Waals surface area (Å²) in [6.07, 6.45) is 3.79. The second-order valence-corrected chi connectivity index (χ2v) is 6.38. The van der Waals surface area contributed by atoms with Gasteiger partial charge in [0, 0.05) is 31.9 Å². The third kappa shape index (κ3) is 3.96. The molecule has 1 N–H and O–H groups in total. The number of nitrogens with one attached hydrogen (secondary N) is 1. The van der Waals surface area contributed by atoms with Gasteiger partial charge in [-0.05, 0) is 30.5 Å². The van der Waals surface area contributed by atoms with Crippen LogP contribution < -0.4 is 10.2 Å². The van der Waals surface area contributed by atoms with Crippen molar-refractivity contribution in [2.45, 2.75) is 6.04 Å². The van der Waals surface area contributed by atoms with Crippen molar-refractivity contribution in [1.29, 1.82) is 5.26 Å². The fourth-order valence-corrected chi connectivity index (χ4v) is 3.15. The zero-order chi connectivity index (χ0) is 16.1. The van der Waals surface area contributed by atoms with Crippen LogP contribution in [0.5, 0.6) is 0 Å². The molecule has 0 radical (unpaired) electrons. The Balaban J connectivity index is 1.58. The smallest absolute Gasteiger partial charge is 0.183 e. The van der Waals surface area contributed by atoms with Crippen LogP contribution in [0.2, 0.25) is 0 Å². The lowest BCUT2D eigenvalue weighted by molar-refractivity contribution is -0.0660. The van der Waals surface area contributed by atoms with Gasteiger partial charge >= 0.3 is 0 Å². The van der Waals surface area contributed by atoms with Crippen LogP contribution >= 0.6 is 11.8 Å². The number of nitriles is 1. The molecule has 2 fully saturated rings. The summed E-state index contributed by atoms with van der Waals surface area (Å²) >= 11 is 1.42. The fraction of sp³-hybridized carbons (Fsp3) is 0.500. The summed E-state index contributed by atoms with van der Waals surface area (Å²) < 4.78 is 5.28. The van der Waals surface area contributed by atoms with E-state index in [1.165, 1.54) is 17.4 Å². The number of benzene rings is 1. The molecule has 2 aliphatic heterocycles. The Labute approximate surface area is 141 Å². The Hall–Kier alpha value is -1.75. The zero-order valence-corrected chi connectivity index (χ0v) is 14.1. The van der Waals surface area contributed by atoms with Crippen LogP contribution in [0, 0.1) is 11.5 Å². The van der Waals surface area contributed by atoms with Gasteiger partial charge in [0.05, 0.1) is 24.9 Å². The summed E-state index contributed by atoms with van der Waals surface area (Å²) in [6.45, 7) is 6.06. The van der Waals surface area contributed by atoms with Crippen molar-refractivity contribution in [3.63, 3.8) is 0 Å². The lowest BCUT2D eigenvalue weighted by Gasteiger charge is -2.43. The van der Waals surface area contributed by atoms with Crippen molar-refractivity contribution in [3.05, 3.63) is 24.3 Å². The first kappa shape index (κ1) is 16.1. The van der Waals surface area contributed by atoms with Crippen molar-refractivity contribution in [2.24, 2.45) is 4.99 Å². The minimum absolute atomic E-state index is 0.608. The van der Waals surface area contributed by atoms with Gasteiger partial charge in [-0.25, -0.2) is 4.99 Å². The van der Waals surface area contributed by atoms with Crippen molar-refractivity contribution >= 4 is 28.3 Å². The molecule has 7 heteroatoms. The molecule has 0 spiro atoms. The van der Waals surface area contributed by atoms with E-state index < -0.39 is 0 Å². The van der Waals surface area contributed by atoms with E-state index in [1.54, 1.807) is 0 Å². The Kier molecular flexibility index (Phi) is 5.39. The third-order valence-corrected chi connectivity index (χ3v) is 4.83. The number of thioether (sulfide) groups is 1. The van der Waals surface area contributed by atoms with E-state index >= 15 is 0 Å². The van der Waals surface area contributed by atoms with Gasteiger partial charge in [0.2, 0.25) is 0 Å². The number of nitrogens with zero attached hydrogens (tertiary/aromatic N) is 4. The van der Waals surface area contributed by atoms with Crippen molar-refractivity contribution < 1.29 is 4.74 Å². The Bertz CT molecular complexity index is 585. The van der Waals surface area contributed by atoms with Crippen LogP contribution in [-0.2, 0) is 4.74 Å². The van der Waals surface area contributed by atoms with E-state index in [0.717, 1.165) is 45.1 Å². The summed E-state index contributed by atoms with van der Waals surface area (Å²) in [7, 11) is 0. The van der Waals surface area contributed by atoms with Crippen LogP contribution in [0.25, 0.3) is 0 Å². The van der Waals surface area contributed by atoms with Crippen molar-refractivity contribution in [1.82, 2.24) is 10.2 Å². The molecule has 0 aliphatic carbocycles. The van der Waals surface area contributed by atoms with E-state index in [1.807, 2.05) is 24.6 Å². The van der Waals surface area contributed by atoms with Gasteiger partial charge in [-0.2, -0.15) is 5.26 Å². The maximum Gasteiger partial charge on any atom is 0.183 e. The van der Waals surface area contributed by atoms with Crippen LogP contribution in [0.4, 0.5) is 11.4 Å². The number of anilines is 1. The molecule has 0 amide bonds. The molecule has 2 aliphatic rings. The number of hydrogen-bond donors (Lipinski definition) is 1. The summed E-state index contributed by atoms with van der Waals surface area (Å²) in [5, 5.41) is 11.9. The summed E-state index contributed by atoms with van der Waals surface area (Å²) in [6, 6.07) is 8.83. The van der Waals surface area contributed by atoms with Crippen molar-refractivity contribution in [2.75, 3.05) is 50.5 Å². The van der Waals surface area contributed by atoms with E-state index in [9.17, 15) is 0 Å². The average molecular weight is 331 g/mol. The first-order chi connectivity index (χ1) is 11.3. The maximum atomic E-state index is 8.67. The molecule has 1 aromatic rings. The van der Waals surface area contributed by atoms with Gasteiger partial charge in [-0.3, -0.25) is 10.2 Å². The number of hydrogen-bond acceptors (Lipinski definition) is 6. The first-order valence-electron chi connectivity index (χ1n) is 7.75. The number of amidine groups is 1. The minimum atomic E-state index is 0.608. The molecule has 0 atom stereocenters. The number of ether oxygens (including phenoxy) is 1. The number of aliphatic imine (C=N–C) groups is 1. The molecule has 0 bridgehead atoms. The summed E-state index contributed by atoms with van der Waals surface area (Å²) in [5.41, 5.74) is 2.08. The van der Waals surface area contributed by atoms with Crippen LogP contribution in [0.3, 0.4) is 0 Å². The first-order valence-corrected chi connectivity index (χ1v) is 8.97. The second kappa shape index (κ2) is 7.68. The average Bonchev–Trinajstić information content (AvgIpc) is 2.54. The van der Waals surface area contributed by atoms with E-state index in [0.29, 0.717) is 11.2 Å². The molecule has 0 aromatic heterocycles. The molecule has 6 nitrogen and oxygen atoms in total. The van der Waals surface area contributed by atoms with Gasteiger partial charge in [0.1, 0.15) is 0 Å². The number of piperazine rings is 1. The van der Waals surface area contributed by atoms with Crippen molar-refractivity contribution in [3.8, 4) is 6.19 Å². The Morgan fingerprint density at radius 1 is 1.26 bits per heavy atom. The zero-order valence-electron chi connectivity index (χ0n) is 13.2. The van der Waals surface area contributed by atoms with E-state index in [4.69, 9.17) is 10.00 Å². The molecular formula is C16H21N5OS. The SMILES string of the molecule is CSC(=Nc1ccc(N2CCN(C3COC3)CC2)cc1)NC#N. The highest BCUT2D eigenvalue weighted by Gasteiger charge is 2.28. The summed E-state index contributed by atoms with van der Waals surface area (Å²) in [4.78, 5) is 9.35. The van der Waals surface area contributed by atoms with Crippen LogP contribution in [0.1, 0.15) is 0 Å². The van der Waals surface area contributed by atoms with Gasteiger partial charge in [0.15, 0.2) is 11.4 Å². The highest BCUT2D eigenvalue weighted by Crippen LogP contribution is 2.23. The van der Waals surface area contributed by atoms with E-state index in [-0.39, 0.29) is 0 Å². The predicted octanol–water partition coefficient (Wildman–Crippen LogP) is 1.63. The minimum Gasteiger partial charge on any atom is -0.378 e. The van der Waals surface area contributed by atoms with Crippen LogP contribution in [-0.4, -0.2) is 61.8 Å². The summed E-state index contributed by atoms with van der Waals surface area (Å²) in [5.74, 6) is 0. The lowest BCUT2D eigenvalue weighted by Crippen LogP contribution is -2.56. The molecule has 23 heavy (non-hydrogen) atoms. The van der Waals surface area contributed by atoms with Gasteiger partial charge in [-0.1, -0.05) is 11.8 Å². The molecule has 1 aromatic carbocycles. The highest BCUT2D eigenvalue weighted by atomic mass is 32.2. The maximum absolute atomic E-state index is 8.67. The second-order valence-electron chi connectivity index (χ2n) is 5.59. The quantitative estimate of drug-likeness (QED) is 0.393. The molecule has 2 saturated heterocycles. The Morgan fingerprint density at radius 3 is 2.48 bits per heavy atom. The lowest BCUT2D eigenvalue weighted by atomic mass is 10.1. The van der Waals surface area contributed by atoms with Gasteiger partial charge in [0.25, 0.3) is 0 Å². The Morgan fingerprint density at radius 2 is 1.96 bits per heavy atom. The molecule has 3 rings (SSSR count). The van der Waals surface area contributed by atoms with E-state index in [2.05, 4.69) is 32.2 Å². The van der Waals surface area contributed by atoms with Gasteiger partial charge in [-0.15, -0.1) is 0 Å². The molecule has 0 saturated carbocycles. The fourth-order valence-electron chi connectivity index (χ4n) is 2.81. The topological polar surface area (TPSA) is 63.9 Å². The predicted molar refractivity (Wildman–Crippen MR) is 94.2 cm³/mol. The largest absolute Gasteiger partial charge is 0.378 e. The molecule has 122 valence electrons.